The van der Waals surface area contributed by atoms with Crippen LogP contribution in [0.5, 0.6) is 0 Å². The van der Waals surface area contributed by atoms with Crippen LogP contribution in [-0.4, -0.2) is 32.3 Å². The highest BCUT2D eigenvalue weighted by molar-refractivity contribution is 5.62. The summed E-state index contributed by atoms with van der Waals surface area (Å²) in [5.41, 5.74) is 6.58. The topological polar surface area (TPSA) is 88.6 Å². The fourth-order valence-corrected chi connectivity index (χ4v) is 4.08. The van der Waals surface area contributed by atoms with Gasteiger partial charge >= 0.3 is 0 Å². The highest BCUT2D eigenvalue weighted by atomic mass is 16.5. The molecule has 0 fully saturated rings. The first kappa shape index (κ1) is 19.5. The van der Waals surface area contributed by atoms with Crippen molar-refractivity contribution < 1.29 is 4.74 Å². The Kier molecular flexibility index (Phi) is 5.52. The van der Waals surface area contributed by atoms with Crippen LogP contribution in [0.3, 0.4) is 0 Å². The second-order valence-corrected chi connectivity index (χ2v) is 7.71. The smallest absolute Gasteiger partial charge is 0.181 e. The van der Waals surface area contributed by atoms with Crippen LogP contribution in [0.4, 0.5) is 0 Å². The van der Waals surface area contributed by atoms with Crippen LogP contribution in [0.15, 0.2) is 60.9 Å². The molecule has 4 aromatic rings. The van der Waals surface area contributed by atoms with E-state index in [2.05, 4.69) is 74.0 Å². The van der Waals surface area contributed by atoms with Crippen LogP contribution in [0.25, 0.3) is 22.8 Å². The number of fused-ring (bicyclic) bond motifs is 1. The number of benzene rings is 2. The van der Waals surface area contributed by atoms with Crippen LogP contribution < -0.4 is 5.32 Å². The maximum Gasteiger partial charge on any atom is 0.181 e. The normalized spacial score (nSPS) is 15.2. The minimum atomic E-state index is 0.376. The predicted octanol–water partition coefficient (Wildman–Crippen LogP) is 3.85. The van der Waals surface area contributed by atoms with Gasteiger partial charge in [0, 0.05) is 25.3 Å². The molecule has 0 bridgehead atoms. The van der Waals surface area contributed by atoms with Gasteiger partial charge in [0.25, 0.3) is 0 Å². The highest BCUT2D eigenvalue weighted by Gasteiger charge is 2.21. The van der Waals surface area contributed by atoms with Crippen LogP contribution in [0, 0.1) is 0 Å². The second-order valence-electron chi connectivity index (χ2n) is 7.71. The molecule has 7 nitrogen and oxygen atoms in total. The van der Waals surface area contributed by atoms with Crippen molar-refractivity contribution in [2.24, 2.45) is 0 Å². The number of ether oxygens (including phenoxy) is 1. The van der Waals surface area contributed by atoms with E-state index in [4.69, 9.17) is 9.72 Å². The van der Waals surface area contributed by atoms with Crippen LogP contribution in [-0.2, 0) is 24.3 Å². The van der Waals surface area contributed by atoms with E-state index in [9.17, 15) is 0 Å². The molecule has 2 heterocycles. The van der Waals surface area contributed by atoms with Crippen molar-refractivity contribution in [3.8, 4) is 22.8 Å². The van der Waals surface area contributed by atoms with Gasteiger partial charge in [-0.1, -0.05) is 42.5 Å². The maximum atomic E-state index is 5.09. The van der Waals surface area contributed by atoms with Crippen molar-refractivity contribution in [3.05, 3.63) is 83.4 Å². The van der Waals surface area contributed by atoms with Gasteiger partial charge in [0.05, 0.1) is 18.1 Å². The van der Waals surface area contributed by atoms with E-state index < -0.39 is 0 Å². The van der Waals surface area contributed by atoms with Gasteiger partial charge in [-0.05, 0) is 35.6 Å². The van der Waals surface area contributed by atoms with Gasteiger partial charge in [-0.15, -0.1) is 10.2 Å². The summed E-state index contributed by atoms with van der Waals surface area (Å²) in [7, 11) is 1.62. The fourth-order valence-electron chi connectivity index (χ4n) is 4.08. The molecule has 1 aliphatic carbocycles. The Hall–Kier alpha value is -3.42. The summed E-state index contributed by atoms with van der Waals surface area (Å²) in [5.74, 6) is 1.24. The lowest BCUT2D eigenvalue weighted by atomic mass is 10.1. The maximum absolute atomic E-state index is 5.09. The number of aromatic nitrogens is 5. The number of nitrogens with one attached hydrogen (secondary N) is 2. The Morgan fingerprint density at radius 1 is 1.06 bits per heavy atom. The molecule has 2 aromatic heterocycles. The first-order valence-electron chi connectivity index (χ1n) is 10.4. The summed E-state index contributed by atoms with van der Waals surface area (Å²) in [4.78, 5) is 12.2. The van der Waals surface area contributed by atoms with Crippen LogP contribution in [0.1, 0.15) is 35.0 Å². The summed E-state index contributed by atoms with van der Waals surface area (Å²) >= 11 is 0. The van der Waals surface area contributed by atoms with Crippen LogP contribution in [0.2, 0.25) is 0 Å². The van der Waals surface area contributed by atoms with E-state index in [-0.39, 0.29) is 0 Å². The third kappa shape index (κ3) is 4.23. The molecule has 0 saturated heterocycles. The summed E-state index contributed by atoms with van der Waals surface area (Å²) in [6.45, 7) is 1.18. The van der Waals surface area contributed by atoms with Crippen molar-refractivity contribution in [2.75, 3.05) is 7.11 Å². The molecule has 7 heteroatoms. The molecule has 1 aliphatic rings. The lowest BCUT2D eigenvalue weighted by Crippen LogP contribution is -2.18. The summed E-state index contributed by atoms with van der Waals surface area (Å²) in [6.07, 6.45) is 5.75. The Morgan fingerprint density at radius 3 is 2.90 bits per heavy atom. The molecule has 5 rings (SSSR count). The Morgan fingerprint density at radius 2 is 1.97 bits per heavy atom. The molecule has 1 atom stereocenters. The molecule has 2 aromatic carbocycles. The SMILES string of the molecule is COCc1nnc(-c2cncc(-c3cccc(CN[C@H]4CCc5ccccc54)c3)n2)[nH]1. The quantitative estimate of drug-likeness (QED) is 0.479. The Bertz CT molecular complexity index is 1190. The van der Waals surface area contributed by atoms with Crippen molar-refractivity contribution in [1.82, 2.24) is 30.5 Å². The molecular formula is C24H24N6O. The predicted molar refractivity (Wildman–Crippen MR) is 118 cm³/mol. The summed E-state index contributed by atoms with van der Waals surface area (Å²) in [5, 5.41) is 11.9. The number of hydrogen-bond acceptors (Lipinski definition) is 6. The zero-order chi connectivity index (χ0) is 21.0. The standard InChI is InChI=1S/C24H24N6O/c1-31-15-23-28-24(30-29-23)22-14-25-13-21(27-22)18-7-4-5-16(11-18)12-26-20-10-9-17-6-2-3-8-19(17)20/h2-8,11,13-14,20,26H,9-10,12,15H2,1H3,(H,28,29,30)/t20-/m0/s1. The average Bonchev–Trinajstić information content (AvgIpc) is 3.46. The minimum Gasteiger partial charge on any atom is -0.377 e. The number of nitrogens with zero attached hydrogens (tertiary/aromatic N) is 4. The van der Waals surface area contributed by atoms with Crippen molar-refractivity contribution in [1.29, 1.82) is 0 Å². The number of methoxy groups -OCH3 is 1. The average molecular weight is 412 g/mol. The third-order valence-corrected chi connectivity index (χ3v) is 5.60. The molecule has 0 radical (unpaired) electrons. The number of aromatic amines is 1. The Labute approximate surface area is 181 Å². The molecule has 2 N–H and O–H groups in total. The molecule has 31 heavy (non-hydrogen) atoms. The van der Waals surface area contributed by atoms with E-state index in [1.807, 2.05) is 0 Å². The number of rotatable bonds is 7. The highest BCUT2D eigenvalue weighted by Crippen LogP contribution is 2.31. The van der Waals surface area contributed by atoms with Gasteiger partial charge in [-0.2, -0.15) is 0 Å². The number of aryl methyl sites for hydroxylation is 1. The first-order valence-corrected chi connectivity index (χ1v) is 10.4. The van der Waals surface area contributed by atoms with Crippen molar-refractivity contribution in [2.45, 2.75) is 32.0 Å². The number of H-pyrrole nitrogens is 1. The zero-order valence-electron chi connectivity index (χ0n) is 17.4. The van der Waals surface area contributed by atoms with Gasteiger partial charge in [0.1, 0.15) is 12.3 Å². The van der Waals surface area contributed by atoms with Crippen molar-refractivity contribution >= 4 is 0 Å². The molecular weight excluding hydrogens is 388 g/mol. The summed E-state index contributed by atoms with van der Waals surface area (Å²) < 4.78 is 5.09. The second kappa shape index (κ2) is 8.75. The van der Waals surface area contributed by atoms with E-state index >= 15 is 0 Å². The molecule has 156 valence electrons. The fraction of sp³-hybridized carbons (Fsp3) is 0.250. The molecule has 0 amide bonds. The van der Waals surface area contributed by atoms with E-state index in [0.717, 1.165) is 30.6 Å². The van der Waals surface area contributed by atoms with Gasteiger partial charge in [0.2, 0.25) is 0 Å². The van der Waals surface area contributed by atoms with E-state index in [1.54, 1.807) is 19.5 Å². The van der Waals surface area contributed by atoms with E-state index in [0.29, 0.717) is 30.0 Å². The first-order chi connectivity index (χ1) is 15.3. The van der Waals surface area contributed by atoms with Gasteiger partial charge in [-0.3, -0.25) is 4.98 Å². The van der Waals surface area contributed by atoms with E-state index in [1.165, 1.54) is 16.7 Å². The molecule has 0 unspecified atom stereocenters. The lowest BCUT2D eigenvalue weighted by Gasteiger charge is -2.14. The number of hydrogen-bond donors (Lipinski definition) is 2. The monoisotopic (exact) mass is 412 g/mol. The summed E-state index contributed by atoms with van der Waals surface area (Å²) in [6, 6.07) is 17.5. The van der Waals surface area contributed by atoms with Gasteiger partial charge in [0.15, 0.2) is 11.6 Å². The van der Waals surface area contributed by atoms with Gasteiger partial charge < -0.3 is 15.0 Å². The van der Waals surface area contributed by atoms with Crippen LogP contribution >= 0.6 is 0 Å². The third-order valence-electron chi connectivity index (χ3n) is 5.60. The molecule has 0 aliphatic heterocycles. The molecule has 0 spiro atoms. The lowest BCUT2D eigenvalue weighted by molar-refractivity contribution is 0.178. The Balaban J connectivity index is 1.32. The van der Waals surface area contributed by atoms with Crippen molar-refractivity contribution in [3.63, 3.8) is 0 Å². The largest absolute Gasteiger partial charge is 0.377 e. The van der Waals surface area contributed by atoms with Gasteiger partial charge in [-0.25, -0.2) is 4.98 Å². The minimum absolute atomic E-state index is 0.376. The molecule has 0 saturated carbocycles. The zero-order valence-corrected chi connectivity index (χ0v) is 17.4.